The van der Waals surface area contributed by atoms with Gasteiger partial charge in [-0.25, -0.2) is 0 Å². The largest absolute Gasteiger partial charge is 0.328 e. The van der Waals surface area contributed by atoms with E-state index in [0.29, 0.717) is 16.9 Å². The Morgan fingerprint density at radius 3 is 2.24 bits per heavy atom. The van der Waals surface area contributed by atoms with Gasteiger partial charge in [-0.05, 0) is 119 Å². The molecule has 0 radical (unpaired) electrons. The van der Waals surface area contributed by atoms with Crippen molar-refractivity contribution in [2.45, 2.75) is 90.6 Å². The van der Waals surface area contributed by atoms with Crippen LogP contribution in [-0.2, 0) is 0 Å². The Hall–Kier alpha value is -0.0800. The SMILES string of the molecule is CC(N)C1CCC2C3CCC4C[C@@H](N(C)C)CC[C@]4(C)C3CC[C@]12C. The summed E-state index contributed by atoms with van der Waals surface area (Å²) in [5, 5.41) is 0. The van der Waals surface area contributed by atoms with Crippen molar-refractivity contribution in [1.29, 1.82) is 0 Å². The quantitative estimate of drug-likeness (QED) is 0.768. The van der Waals surface area contributed by atoms with Crippen molar-refractivity contribution >= 4 is 0 Å². The van der Waals surface area contributed by atoms with E-state index in [4.69, 9.17) is 5.73 Å². The van der Waals surface area contributed by atoms with Gasteiger partial charge in [0.05, 0.1) is 0 Å². The summed E-state index contributed by atoms with van der Waals surface area (Å²) in [5.74, 6) is 4.71. The van der Waals surface area contributed by atoms with Gasteiger partial charge in [0.15, 0.2) is 0 Å². The van der Waals surface area contributed by atoms with E-state index < -0.39 is 0 Å². The third-order valence-corrected chi connectivity index (χ3v) is 10.1. The van der Waals surface area contributed by atoms with Crippen molar-refractivity contribution in [2.24, 2.45) is 46.2 Å². The summed E-state index contributed by atoms with van der Waals surface area (Å²) < 4.78 is 0. The van der Waals surface area contributed by atoms with Gasteiger partial charge in [0, 0.05) is 12.1 Å². The molecule has 144 valence electrons. The first kappa shape index (κ1) is 18.3. The van der Waals surface area contributed by atoms with Gasteiger partial charge >= 0.3 is 0 Å². The van der Waals surface area contributed by atoms with Gasteiger partial charge in [0.1, 0.15) is 0 Å². The molecule has 4 aliphatic rings. The fraction of sp³-hybridized carbons (Fsp3) is 1.00. The van der Waals surface area contributed by atoms with E-state index >= 15 is 0 Å². The molecule has 0 spiro atoms. The van der Waals surface area contributed by atoms with Crippen LogP contribution in [0.3, 0.4) is 0 Å². The molecule has 0 saturated heterocycles. The lowest BCUT2D eigenvalue weighted by Gasteiger charge is -2.61. The first-order valence-corrected chi connectivity index (χ1v) is 11.2. The fourth-order valence-electron chi connectivity index (χ4n) is 8.61. The van der Waals surface area contributed by atoms with Crippen LogP contribution in [0.1, 0.15) is 78.6 Å². The molecule has 2 N–H and O–H groups in total. The standard InChI is InChI=1S/C23H42N2/c1-15(24)19-8-9-20-18-7-6-16-14-17(25(4)5)10-12-22(16,2)21(18)11-13-23(19,20)3/h15-21H,6-14,24H2,1-5H3/t15?,16?,17-,18?,19?,20?,21?,22-,23+/m0/s1. The zero-order chi connectivity index (χ0) is 18.0. The maximum absolute atomic E-state index is 6.43. The Kier molecular flexibility index (Phi) is 4.56. The second-order valence-corrected chi connectivity index (χ2v) is 11.1. The van der Waals surface area contributed by atoms with Crippen LogP contribution in [0, 0.1) is 40.4 Å². The lowest BCUT2D eigenvalue weighted by molar-refractivity contribution is -0.120. The molecule has 0 aromatic rings. The topological polar surface area (TPSA) is 29.3 Å². The zero-order valence-electron chi connectivity index (χ0n) is 17.4. The van der Waals surface area contributed by atoms with Gasteiger partial charge in [0.2, 0.25) is 0 Å². The second kappa shape index (κ2) is 6.23. The van der Waals surface area contributed by atoms with Crippen LogP contribution in [0.5, 0.6) is 0 Å². The van der Waals surface area contributed by atoms with E-state index in [1.807, 2.05) is 0 Å². The molecule has 9 atom stereocenters. The Labute approximate surface area is 156 Å². The number of hydrogen-bond acceptors (Lipinski definition) is 2. The molecule has 4 rings (SSSR count). The summed E-state index contributed by atoms with van der Waals surface area (Å²) in [7, 11) is 4.58. The molecule has 2 nitrogen and oxygen atoms in total. The van der Waals surface area contributed by atoms with E-state index in [0.717, 1.165) is 35.6 Å². The maximum Gasteiger partial charge on any atom is 0.00922 e. The first-order valence-electron chi connectivity index (χ1n) is 11.2. The monoisotopic (exact) mass is 346 g/mol. The summed E-state index contributed by atoms with van der Waals surface area (Å²) in [6.45, 7) is 7.58. The highest BCUT2D eigenvalue weighted by Gasteiger charge is 2.60. The lowest BCUT2D eigenvalue weighted by atomic mass is 9.44. The van der Waals surface area contributed by atoms with E-state index in [1.165, 1.54) is 57.8 Å². The van der Waals surface area contributed by atoms with Crippen molar-refractivity contribution in [3.05, 3.63) is 0 Å². The summed E-state index contributed by atoms with van der Waals surface area (Å²) >= 11 is 0. The van der Waals surface area contributed by atoms with Crippen LogP contribution >= 0.6 is 0 Å². The fourth-order valence-corrected chi connectivity index (χ4v) is 8.61. The molecule has 4 fully saturated rings. The summed E-state index contributed by atoms with van der Waals surface area (Å²) in [5.41, 5.74) is 7.60. The first-order chi connectivity index (χ1) is 11.8. The predicted molar refractivity (Wildman–Crippen MR) is 106 cm³/mol. The van der Waals surface area contributed by atoms with Crippen molar-refractivity contribution < 1.29 is 0 Å². The minimum atomic E-state index is 0.383. The Balaban J connectivity index is 1.56. The molecule has 2 heteroatoms. The van der Waals surface area contributed by atoms with Crippen molar-refractivity contribution in [1.82, 2.24) is 4.90 Å². The molecule has 0 amide bonds. The minimum Gasteiger partial charge on any atom is -0.328 e. The highest BCUT2D eigenvalue weighted by atomic mass is 15.1. The van der Waals surface area contributed by atoms with Gasteiger partial charge in [-0.2, -0.15) is 0 Å². The van der Waals surface area contributed by atoms with Crippen LogP contribution in [0.15, 0.2) is 0 Å². The molecule has 25 heavy (non-hydrogen) atoms. The molecule has 4 aliphatic carbocycles. The molecule has 6 unspecified atom stereocenters. The van der Waals surface area contributed by atoms with Gasteiger partial charge < -0.3 is 10.6 Å². The van der Waals surface area contributed by atoms with Gasteiger partial charge in [0.25, 0.3) is 0 Å². The van der Waals surface area contributed by atoms with Crippen LogP contribution in [0.2, 0.25) is 0 Å². The molecule has 0 aliphatic heterocycles. The van der Waals surface area contributed by atoms with Crippen LogP contribution in [-0.4, -0.2) is 31.1 Å². The van der Waals surface area contributed by atoms with E-state index in [1.54, 1.807) is 0 Å². The number of nitrogens with zero attached hydrogens (tertiary/aromatic N) is 1. The Morgan fingerprint density at radius 1 is 0.880 bits per heavy atom. The minimum absolute atomic E-state index is 0.383. The lowest BCUT2D eigenvalue weighted by Crippen LogP contribution is -2.55. The molecule has 0 bridgehead atoms. The average Bonchev–Trinajstić information content (AvgIpc) is 2.91. The van der Waals surface area contributed by atoms with Crippen molar-refractivity contribution in [3.8, 4) is 0 Å². The summed E-state index contributed by atoms with van der Waals surface area (Å²) in [6, 6.07) is 1.21. The highest BCUT2D eigenvalue weighted by molar-refractivity contribution is 5.10. The number of hydrogen-bond donors (Lipinski definition) is 1. The van der Waals surface area contributed by atoms with Gasteiger partial charge in [-0.3, -0.25) is 0 Å². The van der Waals surface area contributed by atoms with Gasteiger partial charge in [-0.1, -0.05) is 13.8 Å². The van der Waals surface area contributed by atoms with Crippen LogP contribution in [0.25, 0.3) is 0 Å². The smallest absolute Gasteiger partial charge is 0.00922 e. The van der Waals surface area contributed by atoms with E-state index in [-0.39, 0.29) is 0 Å². The number of fused-ring (bicyclic) bond motifs is 5. The van der Waals surface area contributed by atoms with Crippen molar-refractivity contribution in [2.75, 3.05) is 14.1 Å². The molecular weight excluding hydrogens is 304 g/mol. The highest BCUT2D eigenvalue weighted by Crippen LogP contribution is 2.67. The number of rotatable bonds is 2. The second-order valence-electron chi connectivity index (χ2n) is 11.1. The van der Waals surface area contributed by atoms with Crippen molar-refractivity contribution in [3.63, 3.8) is 0 Å². The van der Waals surface area contributed by atoms with Crippen LogP contribution < -0.4 is 5.73 Å². The van der Waals surface area contributed by atoms with Crippen LogP contribution in [0.4, 0.5) is 0 Å². The number of nitrogens with two attached hydrogens (primary N) is 1. The van der Waals surface area contributed by atoms with E-state index in [2.05, 4.69) is 39.8 Å². The molecular formula is C23H42N2. The molecule has 4 saturated carbocycles. The molecule has 0 aromatic carbocycles. The molecule has 0 heterocycles. The average molecular weight is 347 g/mol. The molecule has 0 aromatic heterocycles. The zero-order valence-corrected chi connectivity index (χ0v) is 17.4. The normalized spacial score (nSPS) is 53.9. The maximum atomic E-state index is 6.43. The van der Waals surface area contributed by atoms with Gasteiger partial charge in [-0.15, -0.1) is 0 Å². The predicted octanol–water partition coefficient (Wildman–Crippen LogP) is 4.92. The third kappa shape index (κ3) is 2.64. The van der Waals surface area contributed by atoms with E-state index in [9.17, 15) is 0 Å². The summed E-state index contributed by atoms with van der Waals surface area (Å²) in [4.78, 5) is 2.49. The Bertz CT molecular complexity index is 500. The third-order valence-electron chi connectivity index (χ3n) is 10.1. The summed E-state index contributed by atoms with van der Waals surface area (Å²) in [6.07, 6.45) is 13.2. The Morgan fingerprint density at radius 2 is 1.56 bits per heavy atom.